The second-order valence-electron chi connectivity index (χ2n) is 12.8. The predicted octanol–water partition coefficient (Wildman–Crippen LogP) is 12.4. The Labute approximate surface area is 294 Å². The van der Waals surface area contributed by atoms with E-state index >= 15 is 0 Å². The molecule has 0 saturated carbocycles. The van der Waals surface area contributed by atoms with Crippen LogP contribution in [0.5, 0.6) is 0 Å². The molecule has 238 valence electrons. The van der Waals surface area contributed by atoms with Crippen molar-refractivity contribution < 1.29 is 4.42 Å². The first-order valence-electron chi connectivity index (χ1n) is 17.1. The zero-order valence-corrected chi connectivity index (χ0v) is 27.5. The lowest BCUT2D eigenvalue weighted by molar-refractivity contribution is 0.669. The number of benzene rings is 8. The first-order chi connectivity index (χ1) is 25.3. The lowest BCUT2D eigenvalue weighted by atomic mass is 9.96. The van der Waals surface area contributed by atoms with E-state index in [0.29, 0.717) is 17.5 Å². The molecular weight excluding hydrogens is 623 g/mol. The van der Waals surface area contributed by atoms with Crippen molar-refractivity contribution in [1.29, 1.82) is 0 Å². The van der Waals surface area contributed by atoms with Gasteiger partial charge in [-0.2, -0.15) is 0 Å². The molecule has 0 bridgehead atoms. The lowest BCUT2D eigenvalue weighted by Crippen LogP contribution is -2.02. The summed E-state index contributed by atoms with van der Waals surface area (Å²) in [6.45, 7) is 0. The Hall–Kier alpha value is -6.91. The number of rotatable bonds is 5. The molecule has 0 N–H and O–H groups in total. The number of fused-ring (bicyclic) bond motifs is 5. The third-order valence-corrected chi connectivity index (χ3v) is 9.74. The van der Waals surface area contributed by atoms with E-state index < -0.39 is 0 Å². The second-order valence-corrected chi connectivity index (χ2v) is 12.8. The van der Waals surface area contributed by atoms with Crippen LogP contribution in [0.25, 0.3) is 99.9 Å². The van der Waals surface area contributed by atoms with Gasteiger partial charge in [0.1, 0.15) is 11.2 Å². The Balaban J connectivity index is 1.22. The van der Waals surface area contributed by atoms with Crippen LogP contribution in [0.4, 0.5) is 0 Å². The topological polar surface area (TPSA) is 51.8 Å². The highest BCUT2D eigenvalue weighted by atomic mass is 16.3. The van der Waals surface area contributed by atoms with Crippen LogP contribution in [0.1, 0.15) is 0 Å². The van der Waals surface area contributed by atoms with Gasteiger partial charge in [0.15, 0.2) is 17.5 Å². The van der Waals surface area contributed by atoms with Gasteiger partial charge in [-0.05, 0) is 68.1 Å². The van der Waals surface area contributed by atoms with E-state index in [1.165, 1.54) is 21.5 Å². The van der Waals surface area contributed by atoms with Crippen molar-refractivity contribution in [2.45, 2.75) is 0 Å². The summed E-state index contributed by atoms with van der Waals surface area (Å²) >= 11 is 0. The molecule has 0 spiro atoms. The molecule has 0 amide bonds. The summed E-state index contributed by atoms with van der Waals surface area (Å²) in [5.41, 5.74) is 8.57. The van der Waals surface area contributed by atoms with Crippen LogP contribution in [-0.2, 0) is 0 Å². The maximum absolute atomic E-state index is 6.50. The molecular formula is C47H29N3O. The number of hydrogen-bond acceptors (Lipinski definition) is 4. The summed E-state index contributed by atoms with van der Waals surface area (Å²) in [5, 5.41) is 6.86. The van der Waals surface area contributed by atoms with Crippen molar-refractivity contribution in [1.82, 2.24) is 15.0 Å². The molecule has 0 saturated heterocycles. The van der Waals surface area contributed by atoms with Crippen LogP contribution < -0.4 is 0 Å². The van der Waals surface area contributed by atoms with Crippen molar-refractivity contribution in [3.05, 3.63) is 176 Å². The van der Waals surface area contributed by atoms with E-state index in [9.17, 15) is 0 Å². The summed E-state index contributed by atoms with van der Waals surface area (Å²) in [5.74, 6) is 1.75. The van der Waals surface area contributed by atoms with Gasteiger partial charge in [-0.25, -0.2) is 15.0 Å². The first-order valence-corrected chi connectivity index (χ1v) is 17.1. The number of hydrogen-bond donors (Lipinski definition) is 0. The van der Waals surface area contributed by atoms with Crippen molar-refractivity contribution in [2.24, 2.45) is 0 Å². The minimum absolute atomic E-state index is 0.557. The molecule has 0 fully saturated rings. The van der Waals surface area contributed by atoms with Crippen molar-refractivity contribution in [3.8, 4) is 56.4 Å². The third kappa shape index (κ3) is 5.04. The zero-order chi connectivity index (χ0) is 33.7. The summed E-state index contributed by atoms with van der Waals surface area (Å²) < 4.78 is 6.50. The molecule has 10 rings (SSSR count). The smallest absolute Gasteiger partial charge is 0.167 e. The zero-order valence-electron chi connectivity index (χ0n) is 27.5. The largest absolute Gasteiger partial charge is 0.455 e. The molecule has 10 aromatic rings. The quantitative estimate of drug-likeness (QED) is 0.186. The molecule has 0 aliphatic rings. The fourth-order valence-electron chi connectivity index (χ4n) is 7.23. The van der Waals surface area contributed by atoms with Gasteiger partial charge in [-0.15, -0.1) is 0 Å². The monoisotopic (exact) mass is 651 g/mol. The number of aromatic nitrogens is 3. The van der Waals surface area contributed by atoms with Crippen LogP contribution >= 0.6 is 0 Å². The second kappa shape index (κ2) is 11.9. The maximum Gasteiger partial charge on any atom is 0.167 e. The van der Waals surface area contributed by atoms with Crippen LogP contribution in [0.15, 0.2) is 180 Å². The van der Waals surface area contributed by atoms with Gasteiger partial charge in [-0.1, -0.05) is 152 Å². The van der Waals surface area contributed by atoms with Gasteiger partial charge in [0.05, 0.1) is 5.56 Å². The Morgan fingerprint density at radius 3 is 1.33 bits per heavy atom. The SMILES string of the molecule is c1ccc(-c2nc(-c3ccccc3-c3ccc4ccccc4c3)nc(-c3cccc4c3oc3ccccc34)n2)c(-c2ccc3ccccc3c2)c1. The molecule has 0 unspecified atom stereocenters. The molecule has 0 atom stereocenters. The van der Waals surface area contributed by atoms with E-state index in [0.717, 1.165) is 60.9 Å². The summed E-state index contributed by atoms with van der Waals surface area (Å²) in [6.07, 6.45) is 0. The molecule has 0 aliphatic heterocycles. The molecule has 2 heterocycles. The van der Waals surface area contributed by atoms with Gasteiger partial charge >= 0.3 is 0 Å². The van der Waals surface area contributed by atoms with Crippen molar-refractivity contribution in [3.63, 3.8) is 0 Å². The Morgan fingerprint density at radius 1 is 0.314 bits per heavy atom. The summed E-state index contributed by atoms with van der Waals surface area (Å²) in [7, 11) is 0. The van der Waals surface area contributed by atoms with Crippen LogP contribution in [0, 0.1) is 0 Å². The standard InChI is InChI=1S/C47H29N3O/c1-3-14-32-28-34(26-24-30(32)12-1)36-16-5-7-19-40(36)45-48-46(41-20-8-6-17-37(41)35-27-25-31-13-2-4-15-33(31)29-35)50-47(49-45)42-22-11-21-39-38-18-9-10-23-43(38)51-44(39)42/h1-29H. The minimum Gasteiger partial charge on any atom is -0.455 e. The fraction of sp³-hybridized carbons (Fsp3) is 0. The van der Waals surface area contributed by atoms with Gasteiger partial charge in [0, 0.05) is 21.9 Å². The highest BCUT2D eigenvalue weighted by Gasteiger charge is 2.20. The number of para-hydroxylation sites is 2. The molecule has 2 aromatic heterocycles. The number of furan rings is 1. The molecule has 4 nitrogen and oxygen atoms in total. The van der Waals surface area contributed by atoms with E-state index in [4.69, 9.17) is 19.4 Å². The summed E-state index contributed by atoms with van der Waals surface area (Å²) in [6, 6.07) is 61.1. The molecule has 8 aromatic carbocycles. The van der Waals surface area contributed by atoms with E-state index in [1.807, 2.05) is 36.4 Å². The Bertz CT molecular complexity index is 2800. The van der Waals surface area contributed by atoms with E-state index in [1.54, 1.807) is 0 Å². The van der Waals surface area contributed by atoms with Gasteiger partial charge in [0.2, 0.25) is 0 Å². The summed E-state index contributed by atoms with van der Waals surface area (Å²) in [4.78, 5) is 15.7. The predicted molar refractivity (Wildman–Crippen MR) is 209 cm³/mol. The molecule has 51 heavy (non-hydrogen) atoms. The van der Waals surface area contributed by atoms with Crippen molar-refractivity contribution in [2.75, 3.05) is 0 Å². The average molecular weight is 652 g/mol. The van der Waals surface area contributed by atoms with Gasteiger partial charge in [-0.3, -0.25) is 0 Å². The first kappa shape index (κ1) is 29.0. The lowest BCUT2D eigenvalue weighted by Gasteiger charge is -2.14. The maximum atomic E-state index is 6.50. The van der Waals surface area contributed by atoms with E-state index in [-0.39, 0.29) is 0 Å². The molecule has 4 heteroatoms. The Kier molecular flexibility index (Phi) is 6.78. The normalized spacial score (nSPS) is 11.5. The fourth-order valence-corrected chi connectivity index (χ4v) is 7.23. The van der Waals surface area contributed by atoms with Crippen LogP contribution in [0.2, 0.25) is 0 Å². The Morgan fingerprint density at radius 2 is 0.745 bits per heavy atom. The highest BCUT2D eigenvalue weighted by molar-refractivity contribution is 6.09. The minimum atomic E-state index is 0.557. The van der Waals surface area contributed by atoms with E-state index in [2.05, 4.69) is 140 Å². The van der Waals surface area contributed by atoms with Gasteiger partial charge in [0.25, 0.3) is 0 Å². The van der Waals surface area contributed by atoms with Crippen LogP contribution in [0.3, 0.4) is 0 Å². The molecule has 0 aliphatic carbocycles. The average Bonchev–Trinajstić information content (AvgIpc) is 3.59. The van der Waals surface area contributed by atoms with Gasteiger partial charge < -0.3 is 4.42 Å². The van der Waals surface area contributed by atoms with Crippen LogP contribution in [-0.4, -0.2) is 15.0 Å². The third-order valence-electron chi connectivity index (χ3n) is 9.74. The highest BCUT2D eigenvalue weighted by Crippen LogP contribution is 2.39. The number of nitrogens with zero attached hydrogens (tertiary/aromatic N) is 3. The molecule has 0 radical (unpaired) electrons. The van der Waals surface area contributed by atoms with Crippen molar-refractivity contribution >= 4 is 43.5 Å².